The van der Waals surface area contributed by atoms with Crippen LogP contribution in [0.3, 0.4) is 0 Å². The molecule has 0 spiro atoms. The molecule has 2 fully saturated rings. The van der Waals surface area contributed by atoms with Gasteiger partial charge in [0.25, 0.3) is 0 Å². The standard InChI is InChI=1S/C15H28N2O2/c1-11(12-5-3-6-13(16)9-12)14(18)17-10-15(2)7-4-8-19-15/h11-13H,3-10,16H2,1-2H3,(H,17,18). The van der Waals surface area contributed by atoms with E-state index < -0.39 is 0 Å². The van der Waals surface area contributed by atoms with Gasteiger partial charge in [0.15, 0.2) is 0 Å². The molecule has 4 nitrogen and oxygen atoms in total. The summed E-state index contributed by atoms with van der Waals surface area (Å²) < 4.78 is 5.70. The molecule has 1 saturated heterocycles. The topological polar surface area (TPSA) is 64.3 Å². The maximum Gasteiger partial charge on any atom is 0.223 e. The zero-order valence-corrected chi connectivity index (χ0v) is 12.3. The van der Waals surface area contributed by atoms with Crippen LogP contribution in [0.1, 0.15) is 52.4 Å². The summed E-state index contributed by atoms with van der Waals surface area (Å²) in [6.45, 7) is 5.58. The monoisotopic (exact) mass is 268 g/mol. The summed E-state index contributed by atoms with van der Waals surface area (Å²) in [7, 11) is 0. The fourth-order valence-corrected chi connectivity index (χ4v) is 3.35. The maximum absolute atomic E-state index is 12.2. The van der Waals surface area contributed by atoms with Crippen molar-refractivity contribution in [3.05, 3.63) is 0 Å². The molecule has 2 rings (SSSR count). The minimum atomic E-state index is -0.154. The van der Waals surface area contributed by atoms with Gasteiger partial charge in [-0.15, -0.1) is 0 Å². The summed E-state index contributed by atoms with van der Waals surface area (Å²) in [4.78, 5) is 12.2. The molecule has 110 valence electrons. The largest absolute Gasteiger partial charge is 0.373 e. The summed E-state index contributed by atoms with van der Waals surface area (Å²) in [5.74, 6) is 0.674. The third-order valence-corrected chi connectivity index (χ3v) is 4.81. The van der Waals surface area contributed by atoms with Crippen molar-refractivity contribution in [1.82, 2.24) is 5.32 Å². The van der Waals surface area contributed by atoms with Crippen molar-refractivity contribution in [1.29, 1.82) is 0 Å². The van der Waals surface area contributed by atoms with Gasteiger partial charge in [0, 0.05) is 25.1 Å². The van der Waals surface area contributed by atoms with Gasteiger partial charge in [-0.05, 0) is 44.9 Å². The van der Waals surface area contributed by atoms with Crippen molar-refractivity contribution < 1.29 is 9.53 Å². The summed E-state index contributed by atoms with van der Waals surface area (Å²) in [5, 5.41) is 3.07. The van der Waals surface area contributed by atoms with Crippen molar-refractivity contribution in [2.75, 3.05) is 13.2 Å². The minimum absolute atomic E-state index is 0.0661. The van der Waals surface area contributed by atoms with Crippen LogP contribution < -0.4 is 11.1 Å². The van der Waals surface area contributed by atoms with Gasteiger partial charge in [-0.25, -0.2) is 0 Å². The van der Waals surface area contributed by atoms with E-state index in [4.69, 9.17) is 10.5 Å². The Hall–Kier alpha value is -0.610. The highest BCUT2D eigenvalue weighted by molar-refractivity contribution is 5.78. The molecule has 0 bridgehead atoms. The Balaban J connectivity index is 1.78. The molecule has 1 aliphatic heterocycles. The minimum Gasteiger partial charge on any atom is -0.373 e. The second-order valence-electron chi connectivity index (χ2n) is 6.60. The van der Waals surface area contributed by atoms with E-state index in [0.29, 0.717) is 12.5 Å². The second kappa shape index (κ2) is 6.23. The summed E-state index contributed by atoms with van der Waals surface area (Å²) in [6, 6.07) is 0.282. The lowest BCUT2D eigenvalue weighted by Gasteiger charge is -2.31. The molecular formula is C15H28N2O2. The van der Waals surface area contributed by atoms with E-state index in [-0.39, 0.29) is 23.5 Å². The summed E-state index contributed by atoms with van der Waals surface area (Å²) in [5.41, 5.74) is 5.85. The van der Waals surface area contributed by atoms with E-state index in [1.54, 1.807) is 0 Å². The van der Waals surface area contributed by atoms with Crippen LogP contribution in [0, 0.1) is 11.8 Å². The highest BCUT2D eigenvalue weighted by Gasteiger charge is 2.32. The lowest BCUT2D eigenvalue weighted by atomic mass is 9.78. The van der Waals surface area contributed by atoms with Gasteiger partial charge in [-0.1, -0.05) is 13.3 Å². The van der Waals surface area contributed by atoms with Crippen molar-refractivity contribution in [2.24, 2.45) is 17.6 Å². The second-order valence-corrected chi connectivity index (χ2v) is 6.60. The number of nitrogens with two attached hydrogens (primary N) is 1. The van der Waals surface area contributed by atoms with Crippen molar-refractivity contribution in [3.63, 3.8) is 0 Å². The Bertz CT molecular complexity index is 313. The maximum atomic E-state index is 12.2. The molecule has 4 unspecified atom stereocenters. The van der Waals surface area contributed by atoms with E-state index in [9.17, 15) is 4.79 Å². The van der Waals surface area contributed by atoms with Crippen molar-refractivity contribution in [3.8, 4) is 0 Å². The zero-order valence-electron chi connectivity index (χ0n) is 12.3. The van der Waals surface area contributed by atoms with Crippen molar-refractivity contribution >= 4 is 5.91 Å². The molecule has 0 aromatic heterocycles. The molecule has 4 atom stereocenters. The van der Waals surface area contributed by atoms with Gasteiger partial charge in [-0.3, -0.25) is 4.79 Å². The molecule has 4 heteroatoms. The predicted molar refractivity (Wildman–Crippen MR) is 75.7 cm³/mol. The third kappa shape index (κ3) is 3.93. The van der Waals surface area contributed by atoms with Crippen LogP contribution >= 0.6 is 0 Å². The Labute approximate surface area is 116 Å². The van der Waals surface area contributed by atoms with Crippen LogP contribution in [0.5, 0.6) is 0 Å². The molecule has 19 heavy (non-hydrogen) atoms. The van der Waals surface area contributed by atoms with Crippen molar-refractivity contribution in [2.45, 2.75) is 64.0 Å². The molecule has 0 aromatic rings. The van der Waals surface area contributed by atoms with Crippen LogP contribution in [0.2, 0.25) is 0 Å². The number of rotatable bonds is 4. The average Bonchev–Trinajstić information content (AvgIpc) is 2.82. The smallest absolute Gasteiger partial charge is 0.223 e. The fraction of sp³-hybridized carbons (Fsp3) is 0.933. The first-order valence-corrected chi connectivity index (χ1v) is 7.67. The Kier molecular flexibility index (Phi) is 4.85. The SMILES string of the molecule is CC(C(=O)NCC1(C)CCCO1)C1CCCC(N)C1. The third-order valence-electron chi connectivity index (χ3n) is 4.81. The van der Waals surface area contributed by atoms with E-state index in [1.807, 2.05) is 6.92 Å². The molecular weight excluding hydrogens is 240 g/mol. The average molecular weight is 268 g/mol. The van der Waals surface area contributed by atoms with Gasteiger partial charge >= 0.3 is 0 Å². The number of hydrogen-bond acceptors (Lipinski definition) is 3. The molecule has 2 aliphatic rings. The number of hydrogen-bond donors (Lipinski definition) is 2. The first-order chi connectivity index (χ1) is 9.00. The number of ether oxygens (including phenoxy) is 1. The highest BCUT2D eigenvalue weighted by atomic mass is 16.5. The van der Waals surface area contributed by atoms with Crippen LogP contribution in [-0.2, 0) is 9.53 Å². The van der Waals surface area contributed by atoms with Gasteiger partial charge in [0.2, 0.25) is 5.91 Å². The Morgan fingerprint density at radius 1 is 1.47 bits per heavy atom. The predicted octanol–water partition coefficient (Wildman–Crippen LogP) is 1.83. The molecule has 0 radical (unpaired) electrons. The number of carbonyl (C=O) groups is 1. The van der Waals surface area contributed by atoms with E-state index in [1.165, 1.54) is 0 Å². The molecule has 1 amide bonds. The van der Waals surface area contributed by atoms with E-state index in [0.717, 1.165) is 45.1 Å². The lowest BCUT2D eigenvalue weighted by molar-refractivity contribution is -0.127. The quantitative estimate of drug-likeness (QED) is 0.817. The highest BCUT2D eigenvalue weighted by Crippen LogP contribution is 2.30. The first-order valence-electron chi connectivity index (χ1n) is 7.67. The lowest BCUT2D eigenvalue weighted by Crippen LogP contribution is -2.44. The number of amides is 1. The Morgan fingerprint density at radius 3 is 2.89 bits per heavy atom. The Morgan fingerprint density at radius 2 is 2.26 bits per heavy atom. The number of nitrogens with one attached hydrogen (secondary N) is 1. The molecule has 1 saturated carbocycles. The van der Waals surface area contributed by atoms with Gasteiger partial charge in [-0.2, -0.15) is 0 Å². The van der Waals surface area contributed by atoms with E-state index >= 15 is 0 Å². The van der Waals surface area contributed by atoms with Crippen LogP contribution in [0.4, 0.5) is 0 Å². The van der Waals surface area contributed by atoms with Crippen LogP contribution in [0.25, 0.3) is 0 Å². The summed E-state index contributed by atoms with van der Waals surface area (Å²) >= 11 is 0. The van der Waals surface area contributed by atoms with Gasteiger partial charge in [0.1, 0.15) is 0 Å². The van der Waals surface area contributed by atoms with Crippen LogP contribution in [-0.4, -0.2) is 30.7 Å². The number of carbonyl (C=O) groups excluding carboxylic acids is 1. The van der Waals surface area contributed by atoms with Crippen LogP contribution in [0.15, 0.2) is 0 Å². The first kappa shape index (κ1) is 14.8. The molecule has 1 heterocycles. The van der Waals surface area contributed by atoms with Gasteiger partial charge < -0.3 is 15.8 Å². The normalized spacial score (nSPS) is 37.0. The fourth-order valence-electron chi connectivity index (χ4n) is 3.35. The van der Waals surface area contributed by atoms with E-state index in [2.05, 4.69) is 12.2 Å². The summed E-state index contributed by atoms with van der Waals surface area (Å²) in [6.07, 6.45) is 6.52. The zero-order chi connectivity index (χ0) is 13.9. The molecule has 1 aliphatic carbocycles. The molecule has 0 aromatic carbocycles. The van der Waals surface area contributed by atoms with Gasteiger partial charge in [0.05, 0.1) is 5.60 Å². The molecule has 3 N–H and O–H groups in total.